The third-order valence-electron chi connectivity index (χ3n) is 2.70. The van der Waals surface area contributed by atoms with Crippen LogP contribution in [0.2, 0.25) is 0 Å². The van der Waals surface area contributed by atoms with Gasteiger partial charge >= 0.3 is 0 Å². The van der Waals surface area contributed by atoms with Crippen LogP contribution in [-0.2, 0) is 11.3 Å². The van der Waals surface area contributed by atoms with Gasteiger partial charge in [-0.15, -0.1) is 0 Å². The summed E-state index contributed by atoms with van der Waals surface area (Å²) in [5, 5.41) is 11.5. The number of ether oxygens (including phenoxy) is 1. The molecule has 5 heteroatoms. The summed E-state index contributed by atoms with van der Waals surface area (Å²) in [7, 11) is 0. The minimum absolute atomic E-state index is 0.107. The topological polar surface area (TPSA) is 67.8 Å². The monoisotopic (exact) mass is 268 g/mol. The van der Waals surface area contributed by atoms with E-state index in [0.717, 1.165) is 6.42 Å². The van der Waals surface area contributed by atoms with Gasteiger partial charge in [-0.2, -0.15) is 0 Å². The molecule has 0 aliphatic carbocycles. The molecule has 0 aliphatic heterocycles. The lowest BCUT2D eigenvalue weighted by Gasteiger charge is -2.15. The lowest BCUT2D eigenvalue weighted by atomic mass is 10.1. The van der Waals surface area contributed by atoms with Crippen LogP contribution >= 0.6 is 0 Å². The van der Waals surface area contributed by atoms with Gasteiger partial charge in [0.05, 0.1) is 12.7 Å². The highest BCUT2D eigenvalue weighted by Gasteiger charge is 2.08. The molecule has 1 aromatic carbocycles. The molecule has 0 aliphatic rings. The SMILES string of the molecule is CC(C)CC(C)OCc1cc(F)cc(/C(N)=N/O)c1. The fourth-order valence-electron chi connectivity index (χ4n) is 1.91. The second-order valence-electron chi connectivity index (χ2n) is 5.08. The summed E-state index contributed by atoms with van der Waals surface area (Å²) in [6, 6.07) is 4.26. The number of nitrogens with zero attached hydrogens (tertiary/aromatic N) is 1. The number of halogens is 1. The molecule has 3 N–H and O–H groups in total. The summed E-state index contributed by atoms with van der Waals surface area (Å²) >= 11 is 0. The number of hydrogen-bond donors (Lipinski definition) is 2. The van der Waals surface area contributed by atoms with Gasteiger partial charge in [0, 0.05) is 5.56 Å². The Labute approximate surface area is 113 Å². The molecule has 0 saturated carbocycles. The van der Waals surface area contributed by atoms with Crippen LogP contribution in [0.5, 0.6) is 0 Å². The summed E-state index contributed by atoms with van der Waals surface area (Å²) in [5.74, 6) is 0.00503. The van der Waals surface area contributed by atoms with E-state index in [1.54, 1.807) is 6.07 Å². The Morgan fingerprint density at radius 1 is 1.37 bits per heavy atom. The molecule has 0 heterocycles. The van der Waals surface area contributed by atoms with Crippen molar-refractivity contribution in [3.63, 3.8) is 0 Å². The molecule has 1 atom stereocenters. The molecular formula is C14H21FN2O2. The third kappa shape index (κ3) is 5.26. The van der Waals surface area contributed by atoms with Gasteiger partial charge in [-0.3, -0.25) is 0 Å². The normalized spacial score (nSPS) is 13.8. The molecule has 1 rings (SSSR count). The van der Waals surface area contributed by atoms with Crippen molar-refractivity contribution in [2.45, 2.75) is 39.9 Å². The van der Waals surface area contributed by atoms with Crippen molar-refractivity contribution in [2.75, 3.05) is 0 Å². The second kappa shape index (κ2) is 7.09. The molecule has 0 saturated heterocycles. The molecule has 4 nitrogen and oxygen atoms in total. The van der Waals surface area contributed by atoms with Gasteiger partial charge < -0.3 is 15.7 Å². The Hall–Kier alpha value is -1.62. The highest BCUT2D eigenvalue weighted by atomic mass is 19.1. The number of benzene rings is 1. The summed E-state index contributed by atoms with van der Waals surface area (Å²) < 4.78 is 19.1. The van der Waals surface area contributed by atoms with Crippen LogP contribution in [0.25, 0.3) is 0 Å². The standard InChI is InChI=1S/C14H21FN2O2/c1-9(2)4-10(3)19-8-11-5-12(14(16)17-18)7-13(15)6-11/h5-7,9-10,18H,4,8H2,1-3H3,(H2,16,17). The molecule has 0 bridgehead atoms. The fraction of sp³-hybridized carbons (Fsp3) is 0.500. The van der Waals surface area contributed by atoms with Gasteiger partial charge in [0.1, 0.15) is 5.82 Å². The summed E-state index contributed by atoms with van der Waals surface area (Å²) in [6.07, 6.45) is 1.05. The molecule has 0 amide bonds. The first-order valence-electron chi connectivity index (χ1n) is 6.31. The fourth-order valence-corrected chi connectivity index (χ4v) is 1.91. The molecule has 0 fully saturated rings. The van der Waals surface area contributed by atoms with Crippen molar-refractivity contribution in [1.29, 1.82) is 0 Å². The smallest absolute Gasteiger partial charge is 0.170 e. The van der Waals surface area contributed by atoms with E-state index < -0.39 is 5.82 Å². The zero-order valence-corrected chi connectivity index (χ0v) is 11.6. The number of oxime groups is 1. The maximum atomic E-state index is 13.4. The Balaban J connectivity index is 2.71. The third-order valence-corrected chi connectivity index (χ3v) is 2.70. The van der Waals surface area contributed by atoms with E-state index in [9.17, 15) is 4.39 Å². The molecule has 1 unspecified atom stereocenters. The zero-order chi connectivity index (χ0) is 14.4. The summed E-state index contributed by atoms with van der Waals surface area (Å²) in [4.78, 5) is 0. The van der Waals surface area contributed by atoms with Crippen molar-refractivity contribution in [1.82, 2.24) is 0 Å². The molecule has 0 spiro atoms. The van der Waals surface area contributed by atoms with Crippen LogP contribution < -0.4 is 5.73 Å². The summed E-state index contributed by atoms with van der Waals surface area (Å²) in [6.45, 7) is 6.54. The first-order chi connectivity index (χ1) is 8.92. The van der Waals surface area contributed by atoms with Crippen LogP contribution in [0.3, 0.4) is 0 Å². The maximum Gasteiger partial charge on any atom is 0.170 e. The minimum Gasteiger partial charge on any atom is -0.409 e. The predicted molar refractivity (Wildman–Crippen MR) is 72.6 cm³/mol. The van der Waals surface area contributed by atoms with E-state index in [-0.39, 0.29) is 11.9 Å². The lowest BCUT2D eigenvalue weighted by molar-refractivity contribution is 0.0396. The van der Waals surface area contributed by atoms with Gasteiger partial charge in [0.15, 0.2) is 5.84 Å². The highest BCUT2D eigenvalue weighted by Crippen LogP contribution is 2.14. The van der Waals surface area contributed by atoms with Crippen LogP contribution in [0.4, 0.5) is 4.39 Å². The average molecular weight is 268 g/mol. The van der Waals surface area contributed by atoms with Crippen LogP contribution in [0.15, 0.2) is 23.4 Å². The Morgan fingerprint density at radius 2 is 2.05 bits per heavy atom. The van der Waals surface area contributed by atoms with Crippen LogP contribution in [-0.4, -0.2) is 17.1 Å². The summed E-state index contributed by atoms with van der Waals surface area (Å²) in [5.41, 5.74) is 6.46. The van der Waals surface area contributed by atoms with Gasteiger partial charge in [0.2, 0.25) is 0 Å². The minimum atomic E-state index is -0.431. The Bertz CT molecular complexity index is 447. The number of amidine groups is 1. The van der Waals surface area contributed by atoms with E-state index in [4.69, 9.17) is 15.7 Å². The van der Waals surface area contributed by atoms with E-state index in [1.165, 1.54) is 12.1 Å². The lowest BCUT2D eigenvalue weighted by Crippen LogP contribution is -2.15. The Morgan fingerprint density at radius 3 is 2.63 bits per heavy atom. The zero-order valence-electron chi connectivity index (χ0n) is 11.6. The van der Waals surface area contributed by atoms with Gasteiger partial charge in [0.25, 0.3) is 0 Å². The van der Waals surface area contributed by atoms with Gasteiger partial charge in [-0.25, -0.2) is 4.39 Å². The molecule has 0 aromatic heterocycles. The first-order valence-corrected chi connectivity index (χ1v) is 6.31. The number of rotatable bonds is 6. The van der Waals surface area contributed by atoms with Gasteiger partial charge in [-0.1, -0.05) is 19.0 Å². The maximum absolute atomic E-state index is 13.4. The van der Waals surface area contributed by atoms with E-state index in [2.05, 4.69) is 19.0 Å². The van der Waals surface area contributed by atoms with Crippen molar-refractivity contribution >= 4 is 5.84 Å². The second-order valence-corrected chi connectivity index (χ2v) is 5.08. The van der Waals surface area contributed by atoms with Crippen LogP contribution in [0, 0.1) is 11.7 Å². The molecular weight excluding hydrogens is 247 g/mol. The molecule has 1 aromatic rings. The van der Waals surface area contributed by atoms with E-state index in [1.807, 2.05) is 6.92 Å². The van der Waals surface area contributed by atoms with E-state index >= 15 is 0 Å². The quantitative estimate of drug-likeness (QED) is 0.361. The first kappa shape index (κ1) is 15.4. The highest BCUT2D eigenvalue weighted by molar-refractivity contribution is 5.97. The number of hydrogen-bond acceptors (Lipinski definition) is 3. The van der Waals surface area contributed by atoms with E-state index in [0.29, 0.717) is 23.7 Å². The van der Waals surface area contributed by atoms with Crippen molar-refractivity contribution in [2.24, 2.45) is 16.8 Å². The van der Waals surface area contributed by atoms with Gasteiger partial charge in [-0.05, 0) is 43.0 Å². The average Bonchev–Trinajstić information content (AvgIpc) is 2.34. The van der Waals surface area contributed by atoms with Crippen molar-refractivity contribution < 1.29 is 14.3 Å². The predicted octanol–water partition coefficient (Wildman–Crippen LogP) is 2.87. The molecule has 106 valence electrons. The van der Waals surface area contributed by atoms with Crippen molar-refractivity contribution in [3.8, 4) is 0 Å². The largest absolute Gasteiger partial charge is 0.409 e. The molecule has 19 heavy (non-hydrogen) atoms. The van der Waals surface area contributed by atoms with Crippen molar-refractivity contribution in [3.05, 3.63) is 35.1 Å². The van der Waals surface area contributed by atoms with Crippen LogP contribution in [0.1, 0.15) is 38.3 Å². The molecule has 0 radical (unpaired) electrons. The number of nitrogens with two attached hydrogens (primary N) is 1. The Kier molecular flexibility index (Phi) is 5.76.